The van der Waals surface area contributed by atoms with Gasteiger partial charge in [0.1, 0.15) is 0 Å². The molecule has 2 rings (SSSR count). The minimum atomic E-state index is -0.443. The van der Waals surface area contributed by atoms with E-state index in [9.17, 15) is 9.59 Å². The molecule has 0 radical (unpaired) electrons. The number of hydrogen-bond acceptors (Lipinski definition) is 4. The molecule has 0 spiro atoms. The highest BCUT2D eigenvalue weighted by molar-refractivity contribution is 7.07. The molecule has 0 aliphatic rings. The maximum Gasteiger partial charge on any atom is 0.338 e. The largest absolute Gasteiger partial charge is 0.462 e. The average molecular weight is 274 g/mol. The minimum absolute atomic E-state index is 0.134. The molecule has 1 aromatic heterocycles. The molecule has 0 N–H and O–H groups in total. The van der Waals surface area contributed by atoms with Crippen molar-refractivity contribution in [3.63, 3.8) is 0 Å². The normalized spacial score (nSPS) is 10.2. The standard InChI is InChI=1S/C15H14O3S/c1-11(16)13-4-2-3-5-14(13)15(17)18-8-6-12-7-9-19-10-12/h2-5,7,9-10H,6,8H2,1H3. The summed E-state index contributed by atoms with van der Waals surface area (Å²) in [6, 6.07) is 8.71. The maximum atomic E-state index is 11.9. The number of esters is 1. The van der Waals surface area contributed by atoms with Gasteiger partial charge in [0.15, 0.2) is 5.78 Å². The van der Waals surface area contributed by atoms with Gasteiger partial charge in [0.25, 0.3) is 0 Å². The quantitative estimate of drug-likeness (QED) is 0.620. The zero-order valence-corrected chi connectivity index (χ0v) is 11.4. The Kier molecular flexibility index (Phi) is 4.47. The molecule has 0 bridgehead atoms. The molecule has 0 aliphatic heterocycles. The van der Waals surface area contributed by atoms with Gasteiger partial charge in [-0.25, -0.2) is 4.79 Å². The smallest absolute Gasteiger partial charge is 0.338 e. The Hall–Kier alpha value is -1.94. The van der Waals surface area contributed by atoms with Crippen LogP contribution in [0.15, 0.2) is 41.1 Å². The van der Waals surface area contributed by atoms with E-state index in [4.69, 9.17) is 4.74 Å². The van der Waals surface area contributed by atoms with E-state index in [0.717, 1.165) is 5.56 Å². The summed E-state index contributed by atoms with van der Waals surface area (Å²) in [6.07, 6.45) is 0.692. The van der Waals surface area contributed by atoms with Crippen LogP contribution in [0.2, 0.25) is 0 Å². The van der Waals surface area contributed by atoms with Crippen LogP contribution >= 0.6 is 11.3 Å². The third-order valence-electron chi connectivity index (χ3n) is 2.73. The predicted octanol–water partition coefficient (Wildman–Crippen LogP) is 3.35. The van der Waals surface area contributed by atoms with Crippen molar-refractivity contribution >= 4 is 23.1 Å². The third kappa shape index (κ3) is 3.51. The number of hydrogen-bond donors (Lipinski definition) is 0. The molecule has 4 heteroatoms. The summed E-state index contributed by atoms with van der Waals surface area (Å²) in [5, 5.41) is 4.01. The van der Waals surface area contributed by atoms with Gasteiger partial charge in [-0.05, 0) is 35.4 Å². The van der Waals surface area contributed by atoms with Gasteiger partial charge in [0.05, 0.1) is 12.2 Å². The van der Waals surface area contributed by atoms with Crippen LogP contribution in [-0.2, 0) is 11.2 Å². The Labute approximate surface area is 115 Å². The number of thiophene rings is 1. The van der Waals surface area contributed by atoms with E-state index < -0.39 is 5.97 Å². The molecule has 19 heavy (non-hydrogen) atoms. The first-order valence-corrected chi connectivity index (χ1v) is 6.91. The monoisotopic (exact) mass is 274 g/mol. The van der Waals surface area contributed by atoms with Gasteiger partial charge < -0.3 is 4.74 Å². The van der Waals surface area contributed by atoms with Crippen molar-refractivity contribution in [2.45, 2.75) is 13.3 Å². The Morgan fingerprint density at radius 2 is 1.89 bits per heavy atom. The summed E-state index contributed by atoms with van der Waals surface area (Å²) in [4.78, 5) is 23.4. The molecule has 1 aromatic carbocycles. The molecular weight excluding hydrogens is 260 g/mol. The van der Waals surface area contributed by atoms with E-state index in [1.165, 1.54) is 6.92 Å². The van der Waals surface area contributed by atoms with E-state index in [-0.39, 0.29) is 5.78 Å². The number of benzene rings is 1. The van der Waals surface area contributed by atoms with Crippen LogP contribution < -0.4 is 0 Å². The fraction of sp³-hybridized carbons (Fsp3) is 0.200. The molecule has 0 unspecified atom stereocenters. The van der Waals surface area contributed by atoms with E-state index in [1.54, 1.807) is 35.6 Å². The van der Waals surface area contributed by atoms with Crippen LogP contribution in [0.1, 0.15) is 33.2 Å². The maximum absolute atomic E-state index is 11.9. The van der Waals surface area contributed by atoms with Gasteiger partial charge in [-0.1, -0.05) is 18.2 Å². The van der Waals surface area contributed by atoms with Crippen LogP contribution in [0.4, 0.5) is 0 Å². The summed E-state index contributed by atoms with van der Waals surface area (Å²) in [6.45, 7) is 1.76. The molecule has 0 atom stereocenters. The molecule has 0 fully saturated rings. The molecule has 98 valence electrons. The van der Waals surface area contributed by atoms with Crippen molar-refractivity contribution in [2.24, 2.45) is 0 Å². The van der Waals surface area contributed by atoms with Gasteiger partial charge in [-0.15, -0.1) is 0 Å². The molecule has 0 saturated carbocycles. The lowest BCUT2D eigenvalue weighted by atomic mass is 10.0. The van der Waals surface area contributed by atoms with Crippen molar-refractivity contribution in [3.8, 4) is 0 Å². The zero-order valence-electron chi connectivity index (χ0n) is 10.6. The zero-order chi connectivity index (χ0) is 13.7. The number of ketones is 1. The van der Waals surface area contributed by atoms with Crippen molar-refractivity contribution in [1.82, 2.24) is 0 Å². The Bertz CT molecular complexity index is 573. The Morgan fingerprint density at radius 1 is 1.16 bits per heavy atom. The second-order valence-corrected chi connectivity index (χ2v) is 4.90. The Morgan fingerprint density at radius 3 is 2.53 bits per heavy atom. The van der Waals surface area contributed by atoms with E-state index in [2.05, 4.69) is 0 Å². The molecule has 0 amide bonds. The fourth-order valence-corrected chi connectivity index (χ4v) is 2.45. The van der Waals surface area contributed by atoms with Crippen molar-refractivity contribution in [2.75, 3.05) is 6.61 Å². The first-order chi connectivity index (χ1) is 9.18. The lowest BCUT2D eigenvalue weighted by Gasteiger charge is -2.07. The van der Waals surface area contributed by atoms with Gasteiger partial charge in [-0.3, -0.25) is 4.79 Å². The minimum Gasteiger partial charge on any atom is -0.462 e. The van der Waals surface area contributed by atoms with Gasteiger partial charge in [0.2, 0.25) is 0 Å². The highest BCUT2D eigenvalue weighted by Gasteiger charge is 2.14. The summed E-state index contributed by atoms with van der Waals surface area (Å²) in [5.41, 5.74) is 1.89. The molecule has 2 aromatic rings. The number of ether oxygens (including phenoxy) is 1. The predicted molar refractivity (Wildman–Crippen MR) is 74.8 cm³/mol. The summed E-state index contributed by atoms with van der Waals surface area (Å²) in [5.74, 6) is -0.577. The molecule has 1 heterocycles. The van der Waals surface area contributed by atoms with Crippen molar-refractivity contribution < 1.29 is 14.3 Å². The van der Waals surface area contributed by atoms with Crippen LogP contribution in [0, 0.1) is 0 Å². The third-order valence-corrected chi connectivity index (χ3v) is 3.46. The highest BCUT2D eigenvalue weighted by atomic mass is 32.1. The molecular formula is C15H14O3S. The van der Waals surface area contributed by atoms with Gasteiger partial charge in [-0.2, -0.15) is 11.3 Å². The van der Waals surface area contributed by atoms with Crippen LogP contribution in [-0.4, -0.2) is 18.4 Å². The average Bonchev–Trinajstić information content (AvgIpc) is 2.91. The molecule has 3 nitrogen and oxygen atoms in total. The lowest BCUT2D eigenvalue weighted by molar-refractivity contribution is 0.0506. The fourth-order valence-electron chi connectivity index (χ4n) is 1.74. The number of carbonyl (C=O) groups is 2. The van der Waals surface area contributed by atoms with E-state index in [0.29, 0.717) is 24.2 Å². The van der Waals surface area contributed by atoms with Gasteiger partial charge >= 0.3 is 5.97 Å². The topological polar surface area (TPSA) is 43.4 Å². The first-order valence-electron chi connectivity index (χ1n) is 5.96. The first kappa shape index (κ1) is 13.5. The van der Waals surface area contributed by atoms with E-state index >= 15 is 0 Å². The van der Waals surface area contributed by atoms with Crippen molar-refractivity contribution in [1.29, 1.82) is 0 Å². The molecule has 0 saturated heterocycles. The summed E-state index contributed by atoms with van der Waals surface area (Å²) in [7, 11) is 0. The second kappa shape index (κ2) is 6.29. The van der Waals surface area contributed by atoms with Gasteiger partial charge in [0, 0.05) is 12.0 Å². The number of rotatable bonds is 5. The van der Waals surface area contributed by atoms with Crippen molar-refractivity contribution in [3.05, 3.63) is 57.8 Å². The Balaban J connectivity index is 1.98. The van der Waals surface area contributed by atoms with Crippen LogP contribution in [0.25, 0.3) is 0 Å². The van der Waals surface area contributed by atoms with Crippen LogP contribution in [0.5, 0.6) is 0 Å². The highest BCUT2D eigenvalue weighted by Crippen LogP contribution is 2.12. The lowest BCUT2D eigenvalue weighted by Crippen LogP contribution is -2.12. The number of carbonyl (C=O) groups excluding carboxylic acids is 2. The van der Waals surface area contributed by atoms with E-state index in [1.807, 2.05) is 16.8 Å². The second-order valence-electron chi connectivity index (χ2n) is 4.12. The summed E-state index contributed by atoms with van der Waals surface area (Å²) < 4.78 is 5.21. The number of Topliss-reactive ketones (excluding diaryl/α,β-unsaturated/α-hetero) is 1. The molecule has 0 aliphatic carbocycles. The summed E-state index contributed by atoms with van der Waals surface area (Å²) >= 11 is 1.62. The van der Waals surface area contributed by atoms with Crippen LogP contribution in [0.3, 0.4) is 0 Å². The SMILES string of the molecule is CC(=O)c1ccccc1C(=O)OCCc1ccsc1.